The standard InChI is InChI=1S/C34H70/c1-13-16-25-33(34(28(8)9,30(11)15-3)31(12)20-14-2)29(10)22-17-18-23-32(27(6)7)24-19-21-26(4)5/h26-33H,13-25H2,1-12H3. The van der Waals surface area contributed by atoms with Gasteiger partial charge in [-0.25, -0.2) is 0 Å². The van der Waals surface area contributed by atoms with Crippen molar-refractivity contribution < 1.29 is 0 Å². The van der Waals surface area contributed by atoms with Crippen LogP contribution in [0.4, 0.5) is 0 Å². The van der Waals surface area contributed by atoms with Gasteiger partial charge in [-0.2, -0.15) is 0 Å². The average Bonchev–Trinajstić information content (AvgIpc) is 2.76. The van der Waals surface area contributed by atoms with Gasteiger partial charge in [-0.15, -0.1) is 0 Å². The first-order valence-corrected chi connectivity index (χ1v) is 16.0. The Morgan fingerprint density at radius 1 is 0.529 bits per heavy atom. The third-order valence-electron chi connectivity index (χ3n) is 10.0. The molecule has 0 bridgehead atoms. The smallest absolute Gasteiger partial charge is 0.0192 e. The molecule has 34 heavy (non-hydrogen) atoms. The SMILES string of the molecule is CCCCC(C(C)CCCCC(CCCC(C)C)C(C)C)C(C(C)C)(C(C)CC)C(C)CCC. The van der Waals surface area contributed by atoms with Gasteiger partial charge in [0.05, 0.1) is 0 Å². The van der Waals surface area contributed by atoms with E-state index < -0.39 is 0 Å². The lowest BCUT2D eigenvalue weighted by atomic mass is 9.50. The van der Waals surface area contributed by atoms with Crippen LogP contribution in [0, 0.1) is 52.8 Å². The monoisotopic (exact) mass is 479 g/mol. The Labute approximate surface area is 219 Å². The molecule has 6 atom stereocenters. The highest BCUT2D eigenvalue weighted by Gasteiger charge is 2.49. The van der Waals surface area contributed by atoms with Gasteiger partial charge in [-0.1, -0.05) is 160 Å². The molecule has 0 N–H and O–H groups in total. The fourth-order valence-corrected chi connectivity index (χ4v) is 7.94. The summed E-state index contributed by atoms with van der Waals surface area (Å²) >= 11 is 0. The van der Waals surface area contributed by atoms with E-state index in [-0.39, 0.29) is 0 Å². The van der Waals surface area contributed by atoms with Crippen molar-refractivity contribution in [2.45, 2.75) is 167 Å². The van der Waals surface area contributed by atoms with Crippen LogP contribution in [-0.4, -0.2) is 0 Å². The van der Waals surface area contributed by atoms with E-state index in [0.29, 0.717) is 5.41 Å². The number of rotatable bonds is 21. The van der Waals surface area contributed by atoms with Crippen molar-refractivity contribution in [1.82, 2.24) is 0 Å². The summed E-state index contributed by atoms with van der Waals surface area (Å²) in [6.07, 6.45) is 18.3. The predicted molar refractivity (Wildman–Crippen MR) is 158 cm³/mol. The summed E-state index contributed by atoms with van der Waals surface area (Å²) in [5.41, 5.74) is 0.483. The maximum Gasteiger partial charge on any atom is -0.0192 e. The summed E-state index contributed by atoms with van der Waals surface area (Å²) in [6.45, 7) is 29.9. The van der Waals surface area contributed by atoms with Gasteiger partial charge in [0.2, 0.25) is 0 Å². The summed E-state index contributed by atoms with van der Waals surface area (Å²) in [5.74, 6) is 6.75. The van der Waals surface area contributed by atoms with Crippen molar-refractivity contribution in [3.8, 4) is 0 Å². The van der Waals surface area contributed by atoms with Gasteiger partial charge < -0.3 is 0 Å². The fraction of sp³-hybridized carbons (Fsp3) is 1.00. The molecule has 0 heteroatoms. The Bertz CT molecular complexity index is 461. The highest BCUT2D eigenvalue weighted by molar-refractivity contribution is 4.97. The molecule has 0 radical (unpaired) electrons. The third-order valence-corrected chi connectivity index (χ3v) is 10.0. The van der Waals surface area contributed by atoms with E-state index in [1.54, 1.807) is 0 Å². The summed E-state index contributed by atoms with van der Waals surface area (Å²) in [6, 6.07) is 0. The lowest BCUT2D eigenvalue weighted by molar-refractivity contribution is -0.0672. The van der Waals surface area contributed by atoms with Crippen LogP contribution in [0.15, 0.2) is 0 Å². The highest BCUT2D eigenvalue weighted by atomic mass is 14.5. The molecule has 0 aromatic rings. The Kier molecular flexibility index (Phi) is 18.3. The molecule has 0 aliphatic rings. The number of hydrogen-bond acceptors (Lipinski definition) is 0. The fourth-order valence-electron chi connectivity index (χ4n) is 7.94. The minimum Gasteiger partial charge on any atom is -0.0654 e. The Hall–Kier alpha value is 0. The van der Waals surface area contributed by atoms with Crippen molar-refractivity contribution >= 4 is 0 Å². The van der Waals surface area contributed by atoms with Crippen LogP contribution < -0.4 is 0 Å². The van der Waals surface area contributed by atoms with Crippen LogP contribution in [-0.2, 0) is 0 Å². The first-order valence-electron chi connectivity index (χ1n) is 16.0. The minimum absolute atomic E-state index is 0.483. The molecule has 0 saturated heterocycles. The molecule has 0 rings (SSSR count). The third kappa shape index (κ3) is 10.5. The van der Waals surface area contributed by atoms with Gasteiger partial charge in [-0.3, -0.25) is 0 Å². The van der Waals surface area contributed by atoms with Crippen LogP contribution in [0.5, 0.6) is 0 Å². The Balaban J connectivity index is 5.41. The van der Waals surface area contributed by atoms with E-state index in [2.05, 4.69) is 83.1 Å². The van der Waals surface area contributed by atoms with Crippen molar-refractivity contribution in [3.63, 3.8) is 0 Å². The number of hydrogen-bond donors (Lipinski definition) is 0. The topological polar surface area (TPSA) is 0 Å². The summed E-state index contributed by atoms with van der Waals surface area (Å²) < 4.78 is 0. The largest absolute Gasteiger partial charge is 0.0654 e. The molecule has 0 fully saturated rings. The van der Waals surface area contributed by atoms with Crippen molar-refractivity contribution in [1.29, 1.82) is 0 Å². The Morgan fingerprint density at radius 3 is 1.59 bits per heavy atom. The van der Waals surface area contributed by atoms with E-state index >= 15 is 0 Å². The van der Waals surface area contributed by atoms with E-state index in [1.165, 1.54) is 83.5 Å². The zero-order valence-corrected chi connectivity index (χ0v) is 26.3. The molecule has 0 amide bonds. The van der Waals surface area contributed by atoms with E-state index in [9.17, 15) is 0 Å². The molecule has 0 aromatic heterocycles. The lowest BCUT2D eigenvalue weighted by Gasteiger charge is -2.55. The van der Waals surface area contributed by atoms with E-state index in [1.807, 2.05) is 0 Å². The summed E-state index contributed by atoms with van der Waals surface area (Å²) in [5, 5.41) is 0. The zero-order chi connectivity index (χ0) is 26.3. The van der Waals surface area contributed by atoms with Gasteiger partial charge in [0.1, 0.15) is 0 Å². The van der Waals surface area contributed by atoms with Crippen LogP contribution in [0.25, 0.3) is 0 Å². The summed E-state index contributed by atoms with van der Waals surface area (Å²) in [4.78, 5) is 0. The van der Waals surface area contributed by atoms with Crippen molar-refractivity contribution in [3.05, 3.63) is 0 Å². The second kappa shape index (κ2) is 18.3. The molecule has 0 nitrogen and oxygen atoms in total. The maximum atomic E-state index is 2.64. The van der Waals surface area contributed by atoms with Gasteiger partial charge in [0, 0.05) is 0 Å². The summed E-state index contributed by atoms with van der Waals surface area (Å²) in [7, 11) is 0. The quantitative estimate of drug-likeness (QED) is 0.144. The van der Waals surface area contributed by atoms with Crippen molar-refractivity contribution in [2.75, 3.05) is 0 Å². The first kappa shape index (κ1) is 34.0. The molecule has 6 unspecified atom stereocenters. The second-order valence-corrected chi connectivity index (χ2v) is 13.5. The minimum atomic E-state index is 0.483. The first-order chi connectivity index (χ1) is 16.0. The highest BCUT2D eigenvalue weighted by Crippen LogP contribution is 2.56. The molecule has 0 saturated carbocycles. The molecule has 0 heterocycles. The molecule has 206 valence electrons. The van der Waals surface area contributed by atoms with Crippen LogP contribution in [0.3, 0.4) is 0 Å². The predicted octanol–water partition coefficient (Wildman–Crippen LogP) is 12.2. The van der Waals surface area contributed by atoms with Crippen LogP contribution >= 0.6 is 0 Å². The normalized spacial score (nSPS) is 18.8. The molecule has 0 aromatic carbocycles. The van der Waals surface area contributed by atoms with Gasteiger partial charge in [0.15, 0.2) is 0 Å². The van der Waals surface area contributed by atoms with Gasteiger partial charge >= 0.3 is 0 Å². The maximum absolute atomic E-state index is 2.64. The lowest BCUT2D eigenvalue weighted by Crippen LogP contribution is -2.49. The Morgan fingerprint density at radius 2 is 1.12 bits per heavy atom. The van der Waals surface area contributed by atoms with Crippen molar-refractivity contribution in [2.24, 2.45) is 52.8 Å². The van der Waals surface area contributed by atoms with Crippen LogP contribution in [0.1, 0.15) is 167 Å². The average molecular weight is 479 g/mol. The molecule has 0 aliphatic carbocycles. The van der Waals surface area contributed by atoms with Crippen LogP contribution in [0.2, 0.25) is 0 Å². The zero-order valence-electron chi connectivity index (χ0n) is 26.3. The van der Waals surface area contributed by atoms with E-state index in [0.717, 1.165) is 47.3 Å². The molecule has 0 spiro atoms. The number of unbranched alkanes of at least 4 members (excludes halogenated alkanes) is 2. The van der Waals surface area contributed by atoms with Gasteiger partial charge in [0.25, 0.3) is 0 Å². The van der Waals surface area contributed by atoms with Gasteiger partial charge in [-0.05, 0) is 59.2 Å². The molecular formula is C34H70. The molecule has 0 aliphatic heterocycles. The molecular weight excluding hydrogens is 408 g/mol. The second-order valence-electron chi connectivity index (χ2n) is 13.5. The van der Waals surface area contributed by atoms with E-state index in [4.69, 9.17) is 0 Å².